The Morgan fingerprint density at radius 3 is 2.57 bits per heavy atom. The molecular formula is C11H17N3. The second-order valence-electron chi connectivity index (χ2n) is 4.70. The Hall–Kier alpha value is -1.17. The highest BCUT2D eigenvalue weighted by molar-refractivity contribution is 5.22. The van der Waals surface area contributed by atoms with Crippen LogP contribution in [0.1, 0.15) is 40.0 Å². The molecule has 0 fully saturated rings. The lowest BCUT2D eigenvalue weighted by molar-refractivity contribution is 0.468. The van der Waals surface area contributed by atoms with Gasteiger partial charge in [-0.1, -0.05) is 6.08 Å². The van der Waals surface area contributed by atoms with Crippen LogP contribution in [0, 0.1) is 11.3 Å². The van der Waals surface area contributed by atoms with Crippen LogP contribution in [0.25, 0.3) is 0 Å². The van der Waals surface area contributed by atoms with E-state index < -0.39 is 5.54 Å². The number of hydrogen-bond acceptors (Lipinski definition) is 3. The smallest absolute Gasteiger partial charge is 0.185 e. The topological polar surface area (TPSA) is 48.5 Å². The molecule has 1 aliphatic rings. The fourth-order valence-corrected chi connectivity index (χ4v) is 1.29. The number of azo groups is 1. The molecule has 0 aromatic carbocycles. The van der Waals surface area contributed by atoms with E-state index in [0.717, 1.165) is 19.3 Å². The van der Waals surface area contributed by atoms with Crippen LogP contribution in [0.3, 0.4) is 0 Å². The molecule has 1 aliphatic carbocycles. The van der Waals surface area contributed by atoms with Gasteiger partial charge in [0.25, 0.3) is 0 Å². The van der Waals surface area contributed by atoms with Crippen molar-refractivity contribution in [3.8, 4) is 6.07 Å². The molecule has 3 nitrogen and oxygen atoms in total. The molecule has 0 N–H and O–H groups in total. The second-order valence-corrected chi connectivity index (χ2v) is 4.70. The first-order chi connectivity index (χ1) is 6.47. The molecule has 0 radical (unpaired) electrons. The summed E-state index contributed by atoms with van der Waals surface area (Å²) in [4.78, 5) is 0. The first-order valence-corrected chi connectivity index (χ1v) is 5.00. The van der Waals surface area contributed by atoms with Gasteiger partial charge in [-0.2, -0.15) is 15.5 Å². The summed E-state index contributed by atoms with van der Waals surface area (Å²) in [7, 11) is 0. The van der Waals surface area contributed by atoms with Gasteiger partial charge < -0.3 is 0 Å². The standard InChI is InChI=1S/C11H17N3/c1-10(2,3)13-14-11(9-12)7-5-4-6-8-11/h5,7H,4,6,8H2,1-3H3. The monoisotopic (exact) mass is 191 g/mol. The maximum Gasteiger partial charge on any atom is 0.185 e. The highest BCUT2D eigenvalue weighted by Gasteiger charge is 2.28. The summed E-state index contributed by atoms with van der Waals surface area (Å²) >= 11 is 0. The highest BCUT2D eigenvalue weighted by Crippen LogP contribution is 2.27. The molecule has 0 bridgehead atoms. The molecule has 1 atom stereocenters. The third-order valence-corrected chi connectivity index (χ3v) is 2.04. The van der Waals surface area contributed by atoms with E-state index in [9.17, 15) is 0 Å². The zero-order valence-electron chi connectivity index (χ0n) is 9.12. The average Bonchev–Trinajstić information content (AvgIpc) is 2.15. The maximum atomic E-state index is 9.08. The van der Waals surface area contributed by atoms with Gasteiger partial charge in [0.15, 0.2) is 5.54 Å². The van der Waals surface area contributed by atoms with Crippen molar-refractivity contribution >= 4 is 0 Å². The lowest BCUT2D eigenvalue weighted by Gasteiger charge is -2.21. The van der Waals surface area contributed by atoms with Crippen molar-refractivity contribution in [3.05, 3.63) is 12.2 Å². The van der Waals surface area contributed by atoms with Crippen molar-refractivity contribution in [2.45, 2.75) is 51.1 Å². The first kappa shape index (κ1) is 10.9. The van der Waals surface area contributed by atoms with Gasteiger partial charge in [-0.05, 0) is 46.1 Å². The summed E-state index contributed by atoms with van der Waals surface area (Å²) < 4.78 is 0. The summed E-state index contributed by atoms with van der Waals surface area (Å²) in [6, 6.07) is 2.24. The zero-order chi connectivity index (χ0) is 10.7. The first-order valence-electron chi connectivity index (χ1n) is 5.00. The van der Waals surface area contributed by atoms with Crippen LogP contribution in [-0.2, 0) is 0 Å². The van der Waals surface area contributed by atoms with Gasteiger partial charge >= 0.3 is 0 Å². The van der Waals surface area contributed by atoms with Crippen molar-refractivity contribution in [2.24, 2.45) is 10.2 Å². The van der Waals surface area contributed by atoms with Gasteiger partial charge in [-0.3, -0.25) is 0 Å². The highest BCUT2D eigenvalue weighted by atomic mass is 15.2. The van der Waals surface area contributed by atoms with Crippen LogP contribution in [0.2, 0.25) is 0 Å². The largest absolute Gasteiger partial charge is 0.195 e. The van der Waals surface area contributed by atoms with Crippen molar-refractivity contribution in [2.75, 3.05) is 0 Å². The molecule has 0 aromatic heterocycles. The zero-order valence-corrected chi connectivity index (χ0v) is 9.12. The molecule has 1 unspecified atom stereocenters. The molecule has 76 valence electrons. The predicted octanol–water partition coefficient (Wildman–Crippen LogP) is 3.24. The van der Waals surface area contributed by atoms with E-state index in [1.54, 1.807) is 0 Å². The molecule has 0 heterocycles. The summed E-state index contributed by atoms with van der Waals surface area (Å²) in [6.45, 7) is 5.94. The van der Waals surface area contributed by atoms with Crippen molar-refractivity contribution in [1.29, 1.82) is 5.26 Å². The van der Waals surface area contributed by atoms with Crippen molar-refractivity contribution < 1.29 is 0 Å². The van der Waals surface area contributed by atoms with Gasteiger partial charge in [0.05, 0.1) is 11.6 Å². The third-order valence-electron chi connectivity index (χ3n) is 2.04. The molecule has 0 saturated heterocycles. The fraction of sp³-hybridized carbons (Fsp3) is 0.727. The van der Waals surface area contributed by atoms with E-state index in [1.807, 2.05) is 32.9 Å². The molecule has 0 aliphatic heterocycles. The van der Waals surface area contributed by atoms with E-state index in [0.29, 0.717) is 0 Å². The van der Waals surface area contributed by atoms with Crippen molar-refractivity contribution in [1.82, 2.24) is 0 Å². The Labute approximate surface area is 85.5 Å². The fourth-order valence-electron chi connectivity index (χ4n) is 1.29. The number of hydrogen-bond donors (Lipinski definition) is 0. The van der Waals surface area contributed by atoms with Crippen molar-refractivity contribution in [3.63, 3.8) is 0 Å². The van der Waals surface area contributed by atoms with E-state index in [2.05, 4.69) is 16.3 Å². The van der Waals surface area contributed by atoms with Gasteiger partial charge in [0.1, 0.15) is 0 Å². The van der Waals surface area contributed by atoms with Gasteiger partial charge in [0.2, 0.25) is 0 Å². The second kappa shape index (κ2) is 3.91. The molecule has 1 rings (SSSR count). The molecule has 0 aromatic rings. The van der Waals surface area contributed by atoms with E-state index in [1.165, 1.54) is 0 Å². The van der Waals surface area contributed by atoms with Crippen LogP contribution >= 0.6 is 0 Å². The minimum atomic E-state index is -0.689. The Morgan fingerprint density at radius 2 is 2.14 bits per heavy atom. The van der Waals surface area contributed by atoms with Crippen LogP contribution in [-0.4, -0.2) is 11.1 Å². The lowest BCUT2D eigenvalue weighted by Crippen LogP contribution is -2.24. The number of nitrogens with zero attached hydrogens (tertiary/aromatic N) is 3. The molecule has 3 heteroatoms. The quantitative estimate of drug-likeness (QED) is 0.463. The van der Waals surface area contributed by atoms with E-state index in [4.69, 9.17) is 5.26 Å². The molecular weight excluding hydrogens is 174 g/mol. The van der Waals surface area contributed by atoms with Crippen LogP contribution < -0.4 is 0 Å². The normalized spacial score (nSPS) is 27.9. The van der Waals surface area contributed by atoms with Crippen LogP contribution in [0.4, 0.5) is 0 Å². The van der Waals surface area contributed by atoms with E-state index in [-0.39, 0.29) is 5.54 Å². The van der Waals surface area contributed by atoms with Crippen LogP contribution in [0.15, 0.2) is 22.4 Å². The van der Waals surface area contributed by atoms with Gasteiger partial charge in [-0.15, -0.1) is 0 Å². The summed E-state index contributed by atoms with van der Waals surface area (Å²) in [5.74, 6) is 0. The Kier molecular flexibility index (Phi) is 3.05. The number of nitriles is 1. The van der Waals surface area contributed by atoms with Gasteiger partial charge in [0, 0.05) is 0 Å². The summed E-state index contributed by atoms with van der Waals surface area (Å²) in [5.41, 5.74) is -0.888. The third kappa shape index (κ3) is 2.95. The maximum absolute atomic E-state index is 9.08. The summed E-state index contributed by atoms with van der Waals surface area (Å²) in [5, 5.41) is 17.4. The average molecular weight is 191 g/mol. The Balaban J connectivity index is 2.82. The SMILES string of the molecule is CC(C)(C)N=NC1(C#N)C=CCCC1. The predicted molar refractivity (Wildman–Crippen MR) is 55.9 cm³/mol. The molecule has 0 saturated carbocycles. The Morgan fingerprint density at radius 1 is 1.43 bits per heavy atom. The summed E-state index contributed by atoms with van der Waals surface area (Å²) in [6.07, 6.45) is 6.77. The molecule has 14 heavy (non-hydrogen) atoms. The minimum absolute atomic E-state index is 0.199. The molecule has 0 spiro atoms. The number of allylic oxidation sites excluding steroid dienone is 1. The van der Waals surface area contributed by atoms with Gasteiger partial charge in [-0.25, -0.2) is 0 Å². The lowest BCUT2D eigenvalue weighted by atomic mass is 9.90. The van der Waals surface area contributed by atoms with Crippen LogP contribution in [0.5, 0.6) is 0 Å². The molecule has 0 amide bonds. The van der Waals surface area contributed by atoms with E-state index >= 15 is 0 Å². The minimum Gasteiger partial charge on any atom is -0.195 e. The Bertz CT molecular complexity index is 291. The number of rotatable bonds is 1.